The van der Waals surface area contributed by atoms with Gasteiger partial charge in [-0.2, -0.15) is 0 Å². The molecule has 0 unspecified atom stereocenters. The highest BCUT2D eigenvalue weighted by atomic mass is 79.9. The van der Waals surface area contributed by atoms with Gasteiger partial charge in [0.25, 0.3) is 5.56 Å². The second-order valence-electron chi connectivity index (χ2n) is 9.46. The summed E-state index contributed by atoms with van der Waals surface area (Å²) in [5, 5.41) is 0. The molecule has 3 aromatic rings. The molecular weight excluding hydrogens is 568 g/mol. The van der Waals surface area contributed by atoms with E-state index in [1.54, 1.807) is 11.5 Å². The van der Waals surface area contributed by atoms with Crippen molar-refractivity contribution in [3.05, 3.63) is 88.5 Å². The van der Waals surface area contributed by atoms with Crippen LogP contribution in [0, 0.1) is 0 Å². The number of fused-ring (bicyclic) bond motifs is 2. The van der Waals surface area contributed by atoms with Crippen LogP contribution in [0.15, 0.2) is 61.9 Å². The molecule has 2 aromatic carbocycles. The zero-order chi connectivity index (χ0) is 27.0. The molecule has 0 aliphatic carbocycles. The highest BCUT2D eigenvalue weighted by Crippen LogP contribution is 2.37. The predicted octanol–water partition coefficient (Wildman–Crippen LogP) is 5.19. The summed E-state index contributed by atoms with van der Waals surface area (Å²) in [4.78, 5) is 32.7. The summed E-state index contributed by atoms with van der Waals surface area (Å²) < 4.78 is 19.4. The van der Waals surface area contributed by atoms with Crippen LogP contribution in [0.5, 0.6) is 11.5 Å². The second kappa shape index (κ2) is 10.9. The van der Waals surface area contributed by atoms with Crippen LogP contribution >= 0.6 is 27.3 Å². The lowest BCUT2D eigenvalue weighted by Gasteiger charge is -2.26. The molecule has 1 aromatic heterocycles. The van der Waals surface area contributed by atoms with Gasteiger partial charge in [-0.05, 0) is 54.2 Å². The maximum Gasteiger partial charge on any atom is 0.338 e. The van der Waals surface area contributed by atoms with Gasteiger partial charge >= 0.3 is 5.97 Å². The molecule has 9 heteroatoms. The Morgan fingerprint density at radius 3 is 2.58 bits per heavy atom. The number of aromatic nitrogens is 1. The molecule has 2 aliphatic rings. The van der Waals surface area contributed by atoms with Crippen molar-refractivity contribution in [1.29, 1.82) is 0 Å². The summed E-state index contributed by atoms with van der Waals surface area (Å²) in [5.74, 6) is 1.21. The van der Waals surface area contributed by atoms with Crippen molar-refractivity contribution in [1.82, 2.24) is 4.57 Å². The molecule has 198 valence electrons. The molecule has 0 bridgehead atoms. The fourth-order valence-electron chi connectivity index (χ4n) is 4.68. The first-order valence-corrected chi connectivity index (χ1v) is 14.3. The largest absolute Gasteiger partial charge is 0.463 e. The molecular formula is C29H29BrN2O5S. The second-order valence-corrected chi connectivity index (χ2v) is 11.3. The minimum absolute atomic E-state index is 0.167. The first-order chi connectivity index (χ1) is 18.3. The van der Waals surface area contributed by atoms with Crippen LogP contribution in [0.4, 0.5) is 0 Å². The number of benzene rings is 2. The van der Waals surface area contributed by atoms with Crippen LogP contribution in [0.1, 0.15) is 69.2 Å². The molecule has 0 spiro atoms. The Bertz CT molecular complexity index is 1600. The van der Waals surface area contributed by atoms with Crippen LogP contribution in [0.3, 0.4) is 0 Å². The van der Waals surface area contributed by atoms with E-state index in [-0.39, 0.29) is 19.0 Å². The van der Waals surface area contributed by atoms with E-state index in [2.05, 4.69) is 41.9 Å². The van der Waals surface area contributed by atoms with Crippen molar-refractivity contribution < 1.29 is 19.0 Å². The summed E-state index contributed by atoms with van der Waals surface area (Å²) in [6.45, 7) is 8.50. The van der Waals surface area contributed by atoms with Crippen LogP contribution in [0.25, 0.3) is 6.08 Å². The molecule has 0 fully saturated rings. The monoisotopic (exact) mass is 596 g/mol. The SMILES string of the molecule is CCCC1=C(C(=O)OCC)[C@H](c2ccc(C(C)C)cc2)n2c(s/c(=C\c3cc4c(cc3Br)OCO4)c2=O)=N1. The Morgan fingerprint density at radius 1 is 1.21 bits per heavy atom. The molecule has 1 atom stereocenters. The summed E-state index contributed by atoms with van der Waals surface area (Å²) in [7, 11) is 0. The lowest BCUT2D eigenvalue weighted by atomic mass is 9.92. The third-order valence-electron chi connectivity index (χ3n) is 6.59. The normalized spacial score (nSPS) is 16.6. The summed E-state index contributed by atoms with van der Waals surface area (Å²) in [6.07, 6.45) is 3.23. The number of thiazole rings is 1. The van der Waals surface area contributed by atoms with E-state index < -0.39 is 12.0 Å². The number of carbonyl (C=O) groups is 1. The fourth-order valence-corrected chi connectivity index (χ4v) is 6.13. The molecule has 38 heavy (non-hydrogen) atoms. The van der Waals surface area contributed by atoms with Gasteiger partial charge in [0.05, 0.1) is 28.5 Å². The van der Waals surface area contributed by atoms with Crippen LogP contribution in [-0.4, -0.2) is 23.9 Å². The van der Waals surface area contributed by atoms with Crippen LogP contribution < -0.4 is 24.4 Å². The summed E-state index contributed by atoms with van der Waals surface area (Å²) in [5.41, 5.74) is 3.70. The van der Waals surface area contributed by atoms with E-state index in [1.165, 1.54) is 16.9 Å². The van der Waals surface area contributed by atoms with E-state index >= 15 is 0 Å². The van der Waals surface area contributed by atoms with Gasteiger partial charge in [0.15, 0.2) is 16.3 Å². The molecule has 0 radical (unpaired) electrons. The molecule has 0 saturated heterocycles. The molecule has 5 rings (SSSR count). The number of hydrogen-bond donors (Lipinski definition) is 0. The summed E-state index contributed by atoms with van der Waals surface area (Å²) in [6, 6.07) is 11.2. The average Bonchev–Trinajstić information content (AvgIpc) is 3.47. The number of rotatable bonds is 7. The molecule has 0 N–H and O–H groups in total. The molecule has 2 aliphatic heterocycles. The minimum Gasteiger partial charge on any atom is -0.463 e. The smallest absolute Gasteiger partial charge is 0.338 e. The Labute approximate surface area is 233 Å². The topological polar surface area (TPSA) is 79.1 Å². The Hall–Kier alpha value is -3.17. The van der Waals surface area contributed by atoms with Gasteiger partial charge in [-0.15, -0.1) is 0 Å². The van der Waals surface area contributed by atoms with Crippen molar-refractivity contribution in [2.75, 3.05) is 13.4 Å². The van der Waals surface area contributed by atoms with Gasteiger partial charge in [-0.25, -0.2) is 9.79 Å². The van der Waals surface area contributed by atoms with Crippen molar-refractivity contribution in [3.63, 3.8) is 0 Å². The highest BCUT2D eigenvalue weighted by Gasteiger charge is 2.34. The highest BCUT2D eigenvalue weighted by molar-refractivity contribution is 9.10. The van der Waals surface area contributed by atoms with Gasteiger partial charge in [-0.1, -0.05) is 78.7 Å². The summed E-state index contributed by atoms with van der Waals surface area (Å²) >= 11 is 4.89. The van der Waals surface area contributed by atoms with Crippen molar-refractivity contribution >= 4 is 39.3 Å². The zero-order valence-corrected chi connectivity index (χ0v) is 24.1. The van der Waals surface area contributed by atoms with Gasteiger partial charge in [0.2, 0.25) is 6.79 Å². The van der Waals surface area contributed by atoms with Gasteiger partial charge in [-0.3, -0.25) is 9.36 Å². The van der Waals surface area contributed by atoms with Crippen LogP contribution in [-0.2, 0) is 9.53 Å². The minimum atomic E-state index is -0.629. The zero-order valence-electron chi connectivity index (χ0n) is 21.7. The first-order valence-electron chi connectivity index (χ1n) is 12.7. The van der Waals surface area contributed by atoms with Gasteiger partial charge < -0.3 is 14.2 Å². The Balaban J connectivity index is 1.73. The number of nitrogens with zero attached hydrogens (tertiary/aromatic N) is 2. The maximum absolute atomic E-state index is 13.9. The molecule has 3 heterocycles. The third kappa shape index (κ3) is 4.85. The molecule has 7 nitrogen and oxygen atoms in total. The number of allylic oxidation sites excluding steroid dienone is 1. The fraction of sp³-hybridized carbons (Fsp3) is 0.345. The van der Waals surface area contributed by atoms with Crippen molar-refractivity contribution in [3.8, 4) is 11.5 Å². The van der Waals surface area contributed by atoms with E-state index in [0.29, 0.717) is 44.4 Å². The first kappa shape index (κ1) is 26.4. The third-order valence-corrected chi connectivity index (χ3v) is 8.26. The number of halogens is 1. The number of carbonyl (C=O) groups excluding carboxylic acids is 1. The maximum atomic E-state index is 13.9. The number of esters is 1. The van der Waals surface area contributed by atoms with E-state index in [0.717, 1.165) is 22.0 Å². The Morgan fingerprint density at radius 2 is 1.92 bits per heavy atom. The van der Waals surface area contributed by atoms with Crippen molar-refractivity contribution in [2.45, 2.75) is 52.5 Å². The Kier molecular flexibility index (Phi) is 7.59. The van der Waals surface area contributed by atoms with Crippen LogP contribution in [0.2, 0.25) is 0 Å². The lowest BCUT2D eigenvalue weighted by Crippen LogP contribution is -2.40. The number of hydrogen-bond acceptors (Lipinski definition) is 7. The van der Waals surface area contributed by atoms with E-state index in [9.17, 15) is 9.59 Å². The molecule has 0 amide bonds. The van der Waals surface area contributed by atoms with E-state index in [1.807, 2.05) is 37.3 Å². The van der Waals surface area contributed by atoms with Crippen molar-refractivity contribution in [2.24, 2.45) is 4.99 Å². The van der Waals surface area contributed by atoms with Gasteiger partial charge in [0.1, 0.15) is 0 Å². The standard InChI is InChI=1S/C29H29BrN2O5S/c1-5-7-21-25(28(34)35-6-2)26(18-10-8-17(9-11-18)16(3)4)32-27(33)24(38-29(32)31-21)13-19-12-22-23(14-20(19)30)37-15-36-22/h8-14,16,26H,5-7,15H2,1-4H3/b24-13-/t26-/m0/s1. The quantitative estimate of drug-likeness (QED) is 0.351. The van der Waals surface area contributed by atoms with E-state index in [4.69, 9.17) is 19.2 Å². The van der Waals surface area contributed by atoms with Gasteiger partial charge in [0, 0.05) is 4.47 Å². The number of ether oxygens (including phenoxy) is 3. The molecule has 0 saturated carbocycles. The average molecular weight is 598 g/mol. The predicted molar refractivity (Wildman–Crippen MR) is 150 cm³/mol. The lowest BCUT2D eigenvalue weighted by molar-refractivity contribution is -0.139.